The minimum Gasteiger partial charge on any atom is -0.263 e. The van der Waals surface area contributed by atoms with Gasteiger partial charge in [0.1, 0.15) is 10.4 Å². The molecular weight excluding hydrogens is 304 g/mol. The van der Waals surface area contributed by atoms with Gasteiger partial charge in [0.15, 0.2) is 4.34 Å². The average molecular weight is 311 g/mol. The largest absolute Gasteiger partial charge is 0.263 e. The quantitative estimate of drug-likeness (QED) is 0.913. The highest BCUT2D eigenvalue weighted by atomic mass is 35.5. The second kappa shape index (κ2) is 5.74. The first kappa shape index (κ1) is 14.3. The summed E-state index contributed by atoms with van der Waals surface area (Å²) in [5, 5.41) is 12.5. The number of nitrogens with two attached hydrogens (primary N) is 1. The highest BCUT2D eigenvalue weighted by molar-refractivity contribution is 8.01. The lowest BCUT2D eigenvalue weighted by Crippen LogP contribution is -2.13. The molecule has 0 saturated carbocycles. The molecule has 92 valence electrons. The van der Waals surface area contributed by atoms with Crippen molar-refractivity contribution in [3.63, 3.8) is 0 Å². The van der Waals surface area contributed by atoms with Crippen molar-refractivity contribution < 1.29 is 8.42 Å². The number of pyridine rings is 1. The second-order valence-electron chi connectivity index (χ2n) is 2.67. The van der Waals surface area contributed by atoms with E-state index < -0.39 is 10.0 Å². The molecule has 2 N–H and O–H groups in total. The topological polar surface area (TPSA) is 98.8 Å². The normalized spacial score (nSPS) is 10.9. The Morgan fingerprint density at radius 2 is 2.18 bits per heavy atom. The Morgan fingerprint density at radius 1 is 1.41 bits per heavy atom. The van der Waals surface area contributed by atoms with Gasteiger partial charge in [-0.15, -0.1) is 22.6 Å². The number of nitrogens with zero attached hydrogens (tertiary/aromatic N) is 3. The summed E-state index contributed by atoms with van der Waals surface area (Å²) in [5.74, 6) is 0. The van der Waals surface area contributed by atoms with E-state index in [1.54, 1.807) is 11.6 Å². The molecule has 0 saturated heterocycles. The van der Waals surface area contributed by atoms with Crippen LogP contribution in [0.1, 0.15) is 0 Å². The van der Waals surface area contributed by atoms with Crippen LogP contribution >= 0.6 is 35.5 Å². The molecule has 0 aliphatic heterocycles. The van der Waals surface area contributed by atoms with Gasteiger partial charge < -0.3 is 0 Å². The van der Waals surface area contributed by atoms with Crippen molar-refractivity contribution in [2.45, 2.75) is 14.1 Å². The molecule has 0 aliphatic carbocycles. The third kappa shape index (κ3) is 3.61. The van der Waals surface area contributed by atoms with Crippen LogP contribution in [0.25, 0.3) is 0 Å². The highest BCUT2D eigenvalue weighted by Gasteiger charge is 2.15. The molecule has 6 nitrogen and oxygen atoms in total. The van der Waals surface area contributed by atoms with Gasteiger partial charge in [-0.1, -0.05) is 23.1 Å². The number of sulfonamides is 1. The second-order valence-corrected chi connectivity index (χ2v) is 6.33. The van der Waals surface area contributed by atoms with Gasteiger partial charge in [0, 0.05) is 17.3 Å². The lowest BCUT2D eigenvalue weighted by atomic mass is 10.5. The number of primary sulfonamides is 1. The van der Waals surface area contributed by atoms with Crippen molar-refractivity contribution in [3.05, 3.63) is 24.0 Å². The van der Waals surface area contributed by atoms with Gasteiger partial charge in [-0.05, 0) is 6.07 Å². The molecule has 17 heavy (non-hydrogen) atoms. The molecule has 0 amide bonds. The van der Waals surface area contributed by atoms with Crippen LogP contribution in [0, 0.1) is 0 Å². The third-order valence-corrected chi connectivity index (χ3v) is 4.51. The van der Waals surface area contributed by atoms with Crippen LogP contribution in [-0.2, 0) is 10.0 Å². The Hall–Kier alpha value is -0.740. The molecule has 2 heterocycles. The van der Waals surface area contributed by atoms with E-state index in [-0.39, 0.29) is 17.3 Å². The van der Waals surface area contributed by atoms with Crippen LogP contribution in [0.2, 0.25) is 0 Å². The first-order chi connectivity index (χ1) is 7.57. The minimum absolute atomic E-state index is 0. The van der Waals surface area contributed by atoms with E-state index in [4.69, 9.17) is 5.14 Å². The lowest BCUT2D eigenvalue weighted by molar-refractivity contribution is 0.595. The predicted octanol–water partition coefficient (Wildman–Crippen LogP) is 1.15. The van der Waals surface area contributed by atoms with Gasteiger partial charge in [-0.2, -0.15) is 0 Å². The summed E-state index contributed by atoms with van der Waals surface area (Å²) in [6, 6.07) is 1.58. The Bertz CT molecular complexity index is 587. The summed E-state index contributed by atoms with van der Waals surface area (Å²) in [7, 11) is -3.76. The Labute approximate surface area is 112 Å². The smallest absolute Gasteiger partial charge is 0.240 e. The van der Waals surface area contributed by atoms with Crippen LogP contribution in [-0.4, -0.2) is 23.6 Å². The fourth-order valence-electron chi connectivity index (χ4n) is 0.967. The number of hydrogen-bond acceptors (Lipinski definition) is 7. The molecule has 0 aliphatic rings. The molecule has 0 aromatic carbocycles. The Morgan fingerprint density at radius 3 is 2.76 bits per heavy atom. The molecule has 0 fully saturated rings. The van der Waals surface area contributed by atoms with Crippen molar-refractivity contribution in [2.24, 2.45) is 5.14 Å². The van der Waals surface area contributed by atoms with Crippen LogP contribution in [0.4, 0.5) is 0 Å². The fourth-order valence-corrected chi connectivity index (χ4v) is 3.42. The van der Waals surface area contributed by atoms with Gasteiger partial charge >= 0.3 is 0 Å². The molecule has 10 heteroatoms. The van der Waals surface area contributed by atoms with E-state index in [1.165, 1.54) is 35.5 Å². The zero-order valence-corrected chi connectivity index (χ0v) is 11.4. The molecule has 0 spiro atoms. The summed E-state index contributed by atoms with van der Waals surface area (Å²) in [4.78, 5) is 4.23. The molecule has 0 atom stereocenters. The van der Waals surface area contributed by atoms with Gasteiger partial charge in [-0.3, -0.25) is 4.98 Å². The standard InChI is InChI=1S/C7H6N4O2S3.ClH/c8-16(12,13)6-3-9-2-1-5(6)15-7-11-10-4-14-7;/h1-4H,(H2,8,12,13);1H. The summed E-state index contributed by atoms with van der Waals surface area (Å²) in [5.41, 5.74) is 1.57. The van der Waals surface area contributed by atoms with Crippen molar-refractivity contribution >= 4 is 45.5 Å². The fraction of sp³-hybridized carbons (Fsp3) is 0. The Kier molecular flexibility index (Phi) is 4.83. The van der Waals surface area contributed by atoms with Crippen LogP contribution in [0.15, 0.2) is 38.1 Å². The molecular formula is C7H7ClN4O2S3. The van der Waals surface area contributed by atoms with Gasteiger partial charge in [-0.25, -0.2) is 13.6 Å². The van der Waals surface area contributed by atoms with Crippen molar-refractivity contribution in [1.29, 1.82) is 0 Å². The van der Waals surface area contributed by atoms with E-state index >= 15 is 0 Å². The van der Waals surface area contributed by atoms with Crippen LogP contribution in [0.5, 0.6) is 0 Å². The first-order valence-electron chi connectivity index (χ1n) is 3.98. The maximum atomic E-state index is 11.3. The Balaban J connectivity index is 0.00000144. The number of aromatic nitrogens is 3. The van der Waals surface area contributed by atoms with E-state index in [1.807, 2.05) is 0 Å². The van der Waals surface area contributed by atoms with Crippen LogP contribution < -0.4 is 5.14 Å². The molecule has 0 unspecified atom stereocenters. The predicted molar refractivity (Wildman–Crippen MR) is 66.9 cm³/mol. The molecule has 2 aromatic heterocycles. The molecule has 2 rings (SSSR count). The van der Waals surface area contributed by atoms with Crippen molar-refractivity contribution in [1.82, 2.24) is 15.2 Å². The summed E-state index contributed by atoms with van der Waals surface area (Å²) < 4.78 is 23.2. The van der Waals surface area contributed by atoms with E-state index in [2.05, 4.69) is 15.2 Å². The monoisotopic (exact) mass is 310 g/mol. The zero-order chi connectivity index (χ0) is 11.6. The maximum absolute atomic E-state index is 11.3. The van der Waals surface area contributed by atoms with E-state index in [0.29, 0.717) is 9.24 Å². The average Bonchev–Trinajstić information content (AvgIpc) is 2.70. The first-order valence-corrected chi connectivity index (χ1v) is 7.22. The number of rotatable bonds is 3. The minimum atomic E-state index is -3.76. The van der Waals surface area contributed by atoms with Crippen molar-refractivity contribution in [3.8, 4) is 0 Å². The van der Waals surface area contributed by atoms with Crippen LogP contribution in [0.3, 0.4) is 0 Å². The molecule has 0 radical (unpaired) electrons. The summed E-state index contributed by atoms with van der Waals surface area (Å²) >= 11 is 2.52. The van der Waals surface area contributed by atoms with Gasteiger partial charge in [0.2, 0.25) is 10.0 Å². The summed E-state index contributed by atoms with van der Waals surface area (Å²) in [6.45, 7) is 0. The highest BCUT2D eigenvalue weighted by Crippen LogP contribution is 2.32. The number of halogens is 1. The van der Waals surface area contributed by atoms with Crippen molar-refractivity contribution in [2.75, 3.05) is 0 Å². The number of hydrogen-bond donors (Lipinski definition) is 1. The maximum Gasteiger partial charge on any atom is 0.240 e. The zero-order valence-electron chi connectivity index (χ0n) is 8.18. The van der Waals surface area contributed by atoms with Gasteiger partial charge in [0.25, 0.3) is 0 Å². The van der Waals surface area contributed by atoms with E-state index in [0.717, 1.165) is 0 Å². The lowest BCUT2D eigenvalue weighted by Gasteiger charge is -2.03. The van der Waals surface area contributed by atoms with E-state index in [9.17, 15) is 8.42 Å². The third-order valence-electron chi connectivity index (χ3n) is 1.59. The molecule has 2 aromatic rings. The molecule has 0 bridgehead atoms. The van der Waals surface area contributed by atoms with Gasteiger partial charge in [0.05, 0.1) is 0 Å². The SMILES string of the molecule is Cl.NS(=O)(=O)c1cnccc1Sc1nncs1. The summed E-state index contributed by atoms with van der Waals surface area (Å²) in [6.07, 6.45) is 2.72.